The van der Waals surface area contributed by atoms with E-state index in [1.807, 2.05) is 0 Å². The highest BCUT2D eigenvalue weighted by atomic mass is 16.5. The van der Waals surface area contributed by atoms with E-state index < -0.39 is 0 Å². The molecule has 0 amide bonds. The number of hydrogen-bond acceptors (Lipinski definition) is 2. The summed E-state index contributed by atoms with van der Waals surface area (Å²) in [6.45, 7) is 2.23. The maximum Gasteiger partial charge on any atom is 0.0644 e. The molecule has 0 aromatic heterocycles. The fourth-order valence-corrected chi connectivity index (χ4v) is 2.43. The van der Waals surface area contributed by atoms with Crippen molar-refractivity contribution in [3.05, 3.63) is 0 Å². The van der Waals surface area contributed by atoms with E-state index in [4.69, 9.17) is 4.74 Å². The van der Waals surface area contributed by atoms with Gasteiger partial charge in [0.1, 0.15) is 0 Å². The van der Waals surface area contributed by atoms with Crippen molar-refractivity contribution in [2.45, 2.75) is 44.2 Å². The molecule has 3 aliphatic rings. The molecule has 2 heteroatoms. The standard InChI is InChI=1S/C11H19NO/c1-2-8(1)11-9(5-6-13-11)7-12-10-3-4-10/h8-12H,1-7H2. The summed E-state index contributed by atoms with van der Waals surface area (Å²) >= 11 is 0. The molecule has 2 atom stereocenters. The molecule has 2 saturated carbocycles. The molecule has 74 valence electrons. The molecule has 2 aliphatic carbocycles. The van der Waals surface area contributed by atoms with E-state index in [0.717, 1.165) is 24.5 Å². The van der Waals surface area contributed by atoms with Crippen LogP contribution in [-0.2, 0) is 4.74 Å². The fraction of sp³-hybridized carbons (Fsp3) is 1.00. The van der Waals surface area contributed by atoms with Crippen LogP contribution in [0.4, 0.5) is 0 Å². The number of nitrogens with one attached hydrogen (secondary N) is 1. The van der Waals surface area contributed by atoms with Crippen molar-refractivity contribution >= 4 is 0 Å². The average molecular weight is 181 g/mol. The molecule has 13 heavy (non-hydrogen) atoms. The Morgan fingerprint density at radius 3 is 2.62 bits per heavy atom. The molecule has 1 N–H and O–H groups in total. The Bertz CT molecular complexity index is 187. The Morgan fingerprint density at radius 1 is 1.08 bits per heavy atom. The lowest BCUT2D eigenvalue weighted by Crippen LogP contribution is -2.30. The molecular formula is C11H19NO. The second-order valence-corrected chi connectivity index (χ2v) is 4.90. The first-order valence-electron chi connectivity index (χ1n) is 5.78. The first-order valence-corrected chi connectivity index (χ1v) is 5.78. The third-order valence-electron chi connectivity index (χ3n) is 3.60. The van der Waals surface area contributed by atoms with Gasteiger partial charge in [-0.1, -0.05) is 0 Å². The van der Waals surface area contributed by atoms with Crippen molar-refractivity contribution in [3.8, 4) is 0 Å². The second kappa shape index (κ2) is 3.25. The lowest BCUT2D eigenvalue weighted by atomic mass is 9.98. The highest BCUT2D eigenvalue weighted by Gasteiger charge is 2.40. The molecule has 2 unspecified atom stereocenters. The van der Waals surface area contributed by atoms with Gasteiger partial charge in [0, 0.05) is 25.1 Å². The van der Waals surface area contributed by atoms with Gasteiger partial charge in [-0.05, 0) is 38.0 Å². The maximum atomic E-state index is 5.80. The lowest BCUT2D eigenvalue weighted by molar-refractivity contribution is 0.0726. The van der Waals surface area contributed by atoms with Crippen LogP contribution in [0, 0.1) is 11.8 Å². The smallest absolute Gasteiger partial charge is 0.0644 e. The van der Waals surface area contributed by atoms with E-state index in [1.54, 1.807) is 0 Å². The van der Waals surface area contributed by atoms with Crippen molar-refractivity contribution in [2.75, 3.05) is 13.2 Å². The largest absolute Gasteiger partial charge is 0.378 e. The molecule has 0 bridgehead atoms. The molecule has 2 nitrogen and oxygen atoms in total. The van der Waals surface area contributed by atoms with E-state index in [9.17, 15) is 0 Å². The Kier molecular flexibility index (Phi) is 2.06. The van der Waals surface area contributed by atoms with Crippen LogP contribution in [0.5, 0.6) is 0 Å². The highest BCUT2D eigenvalue weighted by molar-refractivity contribution is 4.92. The molecule has 1 aliphatic heterocycles. The van der Waals surface area contributed by atoms with E-state index in [0.29, 0.717) is 6.10 Å². The van der Waals surface area contributed by atoms with Crippen LogP contribution >= 0.6 is 0 Å². The SMILES string of the molecule is C1CC(CNC2CC2)C(C2CC2)O1. The molecule has 3 rings (SSSR count). The molecular weight excluding hydrogens is 162 g/mol. The van der Waals surface area contributed by atoms with E-state index >= 15 is 0 Å². The topological polar surface area (TPSA) is 21.3 Å². The average Bonchev–Trinajstić information content (AvgIpc) is 3.03. The highest BCUT2D eigenvalue weighted by Crippen LogP contribution is 2.41. The summed E-state index contributed by atoms with van der Waals surface area (Å²) in [7, 11) is 0. The quantitative estimate of drug-likeness (QED) is 0.710. The van der Waals surface area contributed by atoms with Gasteiger partial charge in [-0.3, -0.25) is 0 Å². The first-order chi connectivity index (χ1) is 6.43. The summed E-state index contributed by atoms with van der Waals surface area (Å²) in [5.74, 6) is 1.75. The molecule has 1 heterocycles. The first kappa shape index (κ1) is 8.25. The van der Waals surface area contributed by atoms with Gasteiger partial charge >= 0.3 is 0 Å². The summed E-state index contributed by atoms with van der Waals surface area (Å²) < 4.78 is 5.80. The summed E-state index contributed by atoms with van der Waals surface area (Å²) in [5, 5.41) is 3.63. The van der Waals surface area contributed by atoms with Gasteiger partial charge in [0.05, 0.1) is 6.10 Å². The zero-order valence-electron chi connectivity index (χ0n) is 8.17. The number of rotatable bonds is 4. The predicted octanol–water partition coefficient (Wildman–Crippen LogP) is 1.55. The lowest BCUT2D eigenvalue weighted by Gasteiger charge is -2.18. The van der Waals surface area contributed by atoms with Crippen LogP contribution in [-0.4, -0.2) is 25.3 Å². The Morgan fingerprint density at radius 2 is 1.92 bits per heavy atom. The Hall–Kier alpha value is -0.0800. The normalized spacial score (nSPS) is 39.7. The maximum absolute atomic E-state index is 5.80. The molecule has 0 aromatic rings. The van der Waals surface area contributed by atoms with Crippen molar-refractivity contribution in [2.24, 2.45) is 11.8 Å². The zero-order chi connectivity index (χ0) is 8.67. The molecule has 0 aromatic carbocycles. The van der Waals surface area contributed by atoms with Crippen LogP contribution in [0.15, 0.2) is 0 Å². The second-order valence-electron chi connectivity index (χ2n) is 4.90. The minimum Gasteiger partial charge on any atom is -0.378 e. The van der Waals surface area contributed by atoms with Crippen molar-refractivity contribution in [3.63, 3.8) is 0 Å². The fourth-order valence-electron chi connectivity index (χ4n) is 2.43. The third-order valence-corrected chi connectivity index (χ3v) is 3.60. The summed E-state index contributed by atoms with van der Waals surface area (Å²) in [5.41, 5.74) is 0. The van der Waals surface area contributed by atoms with E-state index in [1.165, 1.54) is 38.6 Å². The van der Waals surface area contributed by atoms with Gasteiger partial charge in [-0.2, -0.15) is 0 Å². The van der Waals surface area contributed by atoms with Crippen LogP contribution in [0.2, 0.25) is 0 Å². The van der Waals surface area contributed by atoms with E-state index in [2.05, 4.69) is 5.32 Å². The molecule has 3 fully saturated rings. The van der Waals surface area contributed by atoms with Crippen LogP contribution in [0.3, 0.4) is 0 Å². The third kappa shape index (κ3) is 1.89. The van der Waals surface area contributed by atoms with Gasteiger partial charge in [0.25, 0.3) is 0 Å². The van der Waals surface area contributed by atoms with Crippen molar-refractivity contribution < 1.29 is 4.74 Å². The molecule has 1 saturated heterocycles. The zero-order valence-corrected chi connectivity index (χ0v) is 8.17. The van der Waals surface area contributed by atoms with Gasteiger partial charge in [-0.25, -0.2) is 0 Å². The molecule has 0 radical (unpaired) electrons. The van der Waals surface area contributed by atoms with Gasteiger partial charge in [0.15, 0.2) is 0 Å². The predicted molar refractivity (Wildman–Crippen MR) is 51.6 cm³/mol. The number of hydrogen-bond donors (Lipinski definition) is 1. The van der Waals surface area contributed by atoms with Crippen LogP contribution < -0.4 is 5.32 Å². The molecule has 0 spiro atoms. The van der Waals surface area contributed by atoms with Gasteiger partial charge in [0.2, 0.25) is 0 Å². The Balaban J connectivity index is 1.49. The Labute approximate surface area is 80.0 Å². The van der Waals surface area contributed by atoms with Crippen LogP contribution in [0.1, 0.15) is 32.1 Å². The summed E-state index contributed by atoms with van der Waals surface area (Å²) in [4.78, 5) is 0. The summed E-state index contributed by atoms with van der Waals surface area (Å²) in [6.07, 6.45) is 7.56. The minimum absolute atomic E-state index is 0.617. The van der Waals surface area contributed by atoms with Crippen LogP contribution in [0.25, 0.3) is 0 Å². The summed E-state index contributed by atoms with van der Waals surface area (Å²) in [6, 6.07) is 0.862. The van der Waals surface area contributed by atoms with Gasteiger partial charge < -0.3 is 10.1 Å². The monoisotopic (exact) mass is 181 g/mol. The van der Waals surface area contributed by atoms with E-state index in [-0.39, 0.29) is 0 Å². The van der Waals surface area contributed by atoms with Gasteiger partial charge in [-0.15, -0.1) is 0 Å². The van der Waals surface area contributed by atoms with Crippen molar-refractivity contribution in [1.29, 1.82) is 0 Å². The number of ether oxygens (including phenoxy) is 1. The minimum atomic E-state index is 0.617. The van der Waals surface area contributed by atoms with Crippen molar-refractivity contribution in [1.82, 2.24) is 5.32 Å².